The average Bonchev–Trinajstić information content (AvgIpc) is 4.03. The molecule has 61 heavy (non-hydrogen) atoms. The van der Waals surface area contributed by atoms with Crippen LogP contribution in [-0.2, 0) is 5.41 Å². The molecule has 3 aromatic heterocycles. The van der Waals surface area contributed by atoms with Gasteiger partial charge in [-0.2, -0.15) is 0 Å². The summed E-state index contributed by atoms with van der Waals surface area (Å²) in [5.74, 6) is 0. The first kappa shape index (κ1) is 34.1. The van der Waals surface area contributed by atoms with Crippen molar-refractivity contribution < 1.29 is 8.83 Å². The van der Waals surface area contributed by atoms with Gasteiger partial charge in [0.2, 0.25) is 0 Å². The van der Waals surface area contributed by atoms with Gasteiger partial charge < -0.3 is 18.3 Å². The zero-order valence-electron chi connectivity index (χ0n) is 33.7. The fourth-order valence-electron chi connectivity index (χ4n) is 10.3. The van der Waals surface area contributed by atoms with Crippen LogP contribution in [0.4, 0.5) is 17.1 Å². The molecule has 1 aliphatic rings. The Kier molecular flexibility index (Phi) is 7.04. The number of para-hydroxylation sites is 3. The van der Waals surface area contributed by atoms with Crippen molar-refractivity contribution in [2.45, 2.75) is 19.3 Å². The van der Waals surface area contributed by atoms with Crippen LogP contribution in [0.15, 0.2) is 203 Å². The number of anilines is 3. The minimum atomic E-state index is -0.146. The summed E-state index contributed by atoms with van der Waals surface area (Å²) in [4.78, 5) is 2.38. The Labute approximate surface area is 352 Å². The number of hydrogen-bond acceptors (Lipinski definition) is 3. The van der Waals surface area contributed by atoms with Gasteiger partial charge in [0.1, 0.15) is 22.4 Å². The molecular formula is C57H38N2O2. The summed E-state index contributed by atoms with van der Waals surface area (Å²) in [6.07, 6.45) is 0. The molecule has 0 bridgehead atoms. The Morgan fingerprint density at radius 2 is 1.05 bits per heavy atom. The van der Waals surface area contributed by atoms with Gasteiger partial charge in [-0.3, -0.25) is 0 Å². The molecule has 0 radical (unpaired) electrons. The molecule has 0 spiro atoms. The van der Waals surface area contributed by atoms with E-state index in [9.17, 15) is 0 Å². The fourth-order valence-corrected chi connectivity index (χ4v) is 10.3. The first-order valence-electron chi connectivity index (χ1n) is 21.0. The molecule has 0 atom stereocenters. The highest BCUT2D eigenvalue weighted by Crippen LogP contribution is 2.51. The molecule has 0 fully saturated rings. The van der Waals surface area contributed by atoms with E-state index >= 15 is 0 Å². The summed E-state index contributed by atoms with van der Waals surface area (Å²) in [6, 6.07) is 69.8. The molecule has 1 aliphatic carbocycles. The lowest BCUT2D eigenvalue weighted by Crippen LogP contribution is -2.16. The Bertz CT molecular complexity index is 3700. The van der Waals surface area contributed by atoms with E-state index in [2.05, 4.69) is 211 Å². The predicted octanol–water partition coefficient (Wildman–Crippen LogP) is 16.0. The Balaban J connectivity index is 1.07. The smallest absolute Gasteiger partial charge is 0.160 e. The second kappa shape index (κ2) is 12.6. The summed E-state index contributed by atoms with van der Waals surface area (Å²) in [5, 5.41) is 6.54. The molecule has 4 nitrogen and oxygen atoms in total. The third-order valence-corrected chi connectivity index (χ3v) is 13.2. The summed E-state index contributed by atoms with van der Waals surface area (Å²) >= 11 is 0. The maximum Gasteiger partial charge on any atom is 0.160 e. The van der Waals surface area contributed by atoms with Crippen LogP contribution in [0.1, 0.15) is 25.0 Å². The molecule has 288 valence electrons. The zero-order chi connectivity index (χ0) is 40.4. The molecule has 0 amide bonds. The topological polar surface area (TPSA) is 34.5 Å². The van der Waals surface area contributed by atoms with Gasteiger partial charge in [-0.05, 0) is 94.0 Å². The van der Waals surface area contributed by atoms with Crippen LogP contribution in [0.5, 0.6) is 0 Å². The largest absolute Gasteiger partial charge is 0.456 e. The Morgan fingerprint density at radius 3 is 1.87 bits per heavy atom. The van der Waals surface area contributed by atoms with Crippen molar-refractivity contribution in [2.75, 3.05) is 4.90 Å². The summed E-state index contributed by atoms with van der Waals surface area (Å²) in [5.41, 5.74) is 17.2. The van der Waals surface area contributed by atoms with Gasteiger partial charge in [0.15, 0.2) is 5.58 Å². The van der Waals surface area contributed by atoms with Gasteiger partial charge in [0.05, 0.1) is 16.4 Å². The fraction of sp³-hybridized carbons (Fsp3) is 0.0526. The lowest BCUT2D eigenvalue weighted by Gasteiger charge is -2.28. The van der Waals surface area contributed by atoms with Gasteiger partial charge in [-0.25, -0.2) is 0 Å². The van der Waals surface area contributed by atoms with Crippen molar-refractivity contribution in [3.05, 3.63) is 205 Å². The first-order valence-corrected chi connectivity index (χ1v) is 21.0. The summed E-state index contributed by atoms with van der Waals surface area (Å²) < 4.78 is 16.3. The van der Waals surface area contributed by atoms with E-state index in [0.717, 1.165) is 83.2 Å². The lowest BCUT2D eigenvalue weighted by atomic mass is 9.82. The first-order chi connectivity index (χ1) is 30.0. The van der Waals surface area contributed by atoms with E-state index in [1.165, 1.54) is 38.6 Å². The van der Waals surface area contributed by atoms with E-state index in [1.807, 2.05) is 6.07 Å². The monoisotopic (exact) mass is 782 g/mol. The van der Waals surface area contributed by atoms with Crippen LogP contribution in [0.2, 0.25) is 0 Å². The highest BCUT2D eigenvalue weighted by Gasteiger charge is 2.36. The minimum absolute atomic E-state index is 0.146. The second-order valence-electron chi connectivity index (χ2n) is 16.9. The van der Waals surface area contributed by atoms with E-state index in [4.69, 9.17) is 8.83 Å². The quantitative estimate of drug-likeness (QED) is 0.174. The Hall–Kier alpha value is -7.82. The lowest BCUT2D eigenvalue weighted by molar-refractivity contribution is 0.660. The molecule has 0 saturated carbocycles. The molecular weight excluding hydrogens is 745 g/mol. The van der Waals surface area contributed by atoms with Crippen molar-refractivity contribution in [1.82, 2.24) is 4.57 Å². The molecule has 13 rings (SSSR count). The van der Waals surface area contributed by atoms with Crippen molar-refractivity contribution in [1.29, 1.82) is 0 Å². The molecule has 3 heterocycles. The van der Waals surface area contributed by atoms with E-state index < -0.39 is 0 Å². The van der Waals surface area contributed by atoms with Gasteiger partial charge in [-0.1, -0.05) is 141 Å². The number of nitrogens with zero attached hydrogens (tertiary/aromatic N) is 2. The third kappa shape index (κ3) is 4.87. The summed E-state index contributed by atoms with van der Waals surface area (Å²) in [6.45, 7) is 4.69. The van der Waals surface area contributed by atoms with Crippen LogP contribution in [0.25, 0.3) is 93.6 Å². The van der Waals surface area contributed by atoms with Gasteiger partial charge >= 0.3 is 0 Å². The van der Waals surface area contributed by atoms with E-state index in [-0.39, 0.29) is 5.41 Å². The molecule has 0 aliphatic heterocycles. The molecule has 0 unspecified atom stereocenters. The van der Waals surface area contributed by atoms with Crippen molar-refractivity contribution in [3.8, 4) is 27.9 Å². The van der Waals surface area contributed by atoms with Crippen LogP contribution in [0.3, 0.4) is 0 Å². The van der Waals surface area contributed by atoms with E-state index in [0.29, 0.717) is 0 Å². The van der Waals surface area contributed by atoms with Crippen LogP contribution >= 0.6 is 0 Å². The standard InChI is InChI=1S/C57H38N2O2/c1-57(2)47-23-10-6-19-40(47)41-29-27-38(32-48(41)57)58(37-18-14-17-36(31-37)35-15-4-3-5-16-35)39-28-30-44-46-34-53-54(45-22-9-13-26-51(45)60-53)55(56(46)61-52(44)33-39)59-49-24-11-7-20-42(49)43-21-8-12-25-50(43)59/h3-34H,1-2H3. The van der Waals surface area contributed by atoms with Crippen molar-refractivity contribution >= 4 is 82.7 Å². The molecule has 9 aromatic carbocycles. The van der Waals surface area contributed by atoms with Crippen molar-refractivity contribution in [3.63, 3.8) is 0 Å². The maximum absolute atomic E-state index is 7.25. The minimum Gasteiger partial charge on any atom is -0.456 e. The van der Waals surface area contributed by atoms with Crippen LogP contribution < -0.4 is 4.90 Å². The number of rotatable bonds is 5. The molecule has 0 N–H and O–H groups in total. The number of fused-ring (bicyclic) bond motifs is 12. The van der Waals surface area contributed by atoms with Gasteiger partial charge in [0.25, 0.3) is 0 Å². The van der Waals surface area contributed by atoms with Crippen LogP contribution in [-0.4, -0.2) is 4.57 Å². The van der Waals surface area contributed by atoms with E-state index in [1.54, 1.807) is 0 Å². The SMILES string of the molecule is CC1(C)c2ccccc2-c2ccc(N(c3cccc(-c4ccccc4)c3)c3ccc4c(c3)oc3c(-n5c6ccccc6c6ccccc65)c5c(cc34)oc3ccccc35)cc21. The zero-order valence-corrected chi connectivity index (χ0v) is 33.7. The number of furan rings is 2. The van der Waals surface area contributed by atoms with Gasteiger partial charge in [0, 0.05) is 55.5 Å². The normalized spacial score (nSPS) is 13.2. The third-order valence-electron chi connectivity index (χ3n) is 13.2. The predicted molar refractivity (Wildman–Crippen MR) is 253 cm³/mol. The number of benzene rings is 9. The van der Waals surface area contributed by atoms with Crippen molar-refractivity contribution in [2.24, 2.45) is 0 Å². The number of aromatic nitrogens is 1. The Morgan fingerprint density at radius 1 is 0.410 bits per heavy atom. The summed E-state index contributed by atoms with van der Waals surface area (Å²) in [7, 11) is 0. The maximum atomic E-state index is 7.25. The van der Waals surface area contributed by atoms with Gasteiger partial charge in [-0.15, -0.1) is 0 Å². The van der Waals surface area contributed by atoms with Crippen LogP contribution in [0, 0.1) is 0 Å². The molecule has 12 aromatic rings. The second-order valence-corrected chi connectivity index (χ2v) is 16.9. The molecule has 0 saturated heterocycles. The average molecular weight is 783 g/mol. The molecule has 4 heteroatoms. The highest BCUT2D eigenvalue weighted by atomic mass is 16.3. The number of hydrogen-bond donors (Lipinski definition) is 0. The highest BCUT2D eigenvalue weighted by molar-refractivity contribution is 6.23.